The van der Waals surface area contributed by atoms with Gasteiger partial charge in [-0.3, -0.25) is 4.79 Å². The number of benzene rings is 1. The molecular weight excluding hydrogens is 310 g/mol. The first-order valence-corrected chi connectivity index (χ1v) is 10.2. The van der Waals surface area contributed by atoms with Crippen LogP contribution in [0.5, 0.6) is 0 Å². The molecule has 2 rings (SSSR count). The van der Waals surface area contributed by atoms with Gasteiger partial charge in [0.25, 0.3) is 0 Å². The Labute approximate surface area is 139 Å². The summed E-state index contributed by atoms with van der Waals surface area (Å²) < 4.78 is 22.2. The zero-order chi connectivity index (χ0) is 17.0. The average Bonchev–Trinajstić information content (AvgIpc) is 2.44. The third kappa shape index (κ3) is 5.34. The number of nitrogens with one attached hydrogen (secondary N) is 1. The molecule has 1 saturated heterocycles. The van der Waals surface area contributed by atoms with E-state index in [1.54, 1.807) is 0 Å². The molecule has 1 aromatic rings. The topological polar surface area (TPSA) is 63.2 Å². The molecule has 1 aliphatic heterocycles. The second-order valence-electron chi connectivity index (χ2n) is 7.09. The lowest BCUT2D eigenvalue weighted by Gasteiger charge is -2.25. The van der Waals surface area contributed by atoms with Crippen molar-refractivity contribution in [3.05, 3.63) is 35.4 Å². The van der Waals surface area contributed by atoms with Crippen LogP contribution in [-0.4, -0.2) is 32.4 Å². The van der Waals surface area contributed by atoms with Gasteiger partial charge in [-0.1, -0.05) is 38.1 Å². The van der Waals surface area contributed by atoms with Gasteiger partial charge in [0, 0.05) is 6.54 Å². The number of sulfone groups is 1. The van der Waals surface area contributed by atoms with E-state index in [0.29, 0.717) is 12.5 Å². The molecule has 128 valence electrons. The van der Waals surface area contributed by atoms with Gasteiger partial charge >= 0.3 is 0 Å². The molecule has 0 spiro atoms. The number of hydrogen-bond donors (Lipinski definition) is 1. The van der Waals surface area contributed by atoms with Crippen LogP contribution in [0.15, 0.2) is 24.3 Å². The van der Waals surface area contributed by atoms with Crippen molar-refractivity contribution in [2.75, 3.05) is 18.1 Å². The fourth-order valence-electron chi connectivity index (χ4n) is 3.00. The minimum absolute atomic E-state index is 0.00822. The highest BCUT2D eigenvalue weighted by atomic mass is 32.2. The SMILES string of the molecule is CC(C)Cc1cccc(C(C)C(=O)NCCC2CS(=O)(=O)C2)c1. The lowest BCUT2D eigenvalue weighted by Crippen LogP contribution is -2.39. The van der Waals surface area contributed by atoms with Gasteiger partial charge in [-0.25, -0.2) is 8.42 Å². The van der Waals surface area contributed by atoms with E-state index in [2.05, 4.69) is 31.3 Å². The molecule has 1 N–H and O–H groups in total. The van der Waals surface area contributed by atoms with Gasteiger partial charge in [-0.2, -0.15) is 0 Å². The molecule has 1 aliphatic rings. The summed E-state index contributed by atoms with van der Waals surface area (Å²) in [6, 6.07) is 8.22. The van der Waals surface area contributed by atoms with Crippen molar-refractivity contribution in [3.63, 3.8) is 0 Å². The van der Waals surface area contributed by atoms with Gasteiger partial charge in [0.1, 0.15) is 0 Å². The highest BCUT2D eigenvalue weighted by Crippen LogP contribution is 2.21. The van der Waals surface area contributed by atoms with Crippen molar-refractivity contribution >= 4 is 15.7 Å². The van der Waals surface area contributed by atoms with Crippen molar-refractivity contribution in [2.24, 2.45) is 11.8 Å². The lowest BCUT2D eigenvalue weighted by molar-refractivity contribution is -0.122. The van der Waals surface area contributed by atoms with Crippen LogP contribution in [-0.2, 0) is 21.1 Å². The normalized spacial score (nSPS) is 18.4. The molecule has 1 atom stereocenters. The number of hydrogen-bond acceptors (Lipinski definition) is 3. The molecule has 1 unspecified atom stereocenters. The van der Waals surface area contributed by atoms with Gasteiger partial charge < -0.3 is 5.32 Å². The average molecular weight is 337 g/mol. The van der Waals surface area contributed by atoms with Crippen LogP contribution in [0.4, 0.5) is 0 Å². The van der Waals surface area contributed by atoms with Crippen molar-refractivity contribution in [3.8, 4) is 0 Å². The smallest absolute Gasteiger partial charge is 0.227 e. The molecule has 0 bridgehead atoms. The zero-order valence-electron chi connectivity index (χ0n) is 14.2. The van der Waals surface area contributed by atoms with E-state index in [9.17, 15) is 13.2 Å². The van der Waals surface area contributed by atoms with Gasteiger partial charge in [-0.05, 0) is 42.7 Å². The Kier molecular flexibility index (Phi) is 5.84. The molecule has 4 nitrogen and oxygen atoms in total. The van der Waals surface area contributed by atoms with E-state index in [-0.39, 0.29) is 29.2 Å². The summed E-state index contributed by atoms with van der Waals surface area (Å²) in [6.07, 6.45) is 1.75. The van der Waals surface area contributed by atoms with E-state index in [0.717, 1.165) is 18.4 Å². The van der Waals surface area contributed by atoms with Crippen molar-refractivity contribution in [2.45, 2.75) is 39.5 Å². The molecule has 1 heterocycles. The molecule has 0 radical (unpaired) electrons. The number of carbonyl (C=O) groups is 1. The zero-order valence-corrected chi connectivity index (χ0v) is 15.0. The molecule has 0 aromatic heterocycles. The Morgan fingerprint density at radius 3 is 2.57 bits per heavy atom. The predicted octanol–water partition coefficient (Wildman–Crippen LogP) is 2.54. The molecule has 5 heteroatoms. The summed E-state index contributed by atoms with van der Waals surface area (Å²) >= 11 is 0. The first-order valence-electron chi connectivity index (χ1n) is 8.34. The van der Waals surface area contributed by atoms with Gasteiger partial charge in [0.2, 0.25) is 5.91 Å². The molecule has 1 aromatic carbocycles. The fraction of sp³-hybridized carbons (Fsp3) is 0.611. The van der Waals surface area contributed by atoms with E-state index in [1.807, 2.05) is 19.1 Å². The first kappa shape index (κ1) is 18.0. The number of rotatable bonds is 7. The van der Waals surface area contributed by atoms with Crippen LogP contribution in [0.2, 0.25) is 0 Å². The lowest BCUT2D eigenvalue weighted by atomic mass is 9.95. The minimum atomic E-state index is -2.77. The maximum Gasteiger partial charge on any atom is 0.227 e. The fourth-order valence-corrected chi connectivity index (χ4v) is 4.67. The molecular formula is C18H27NO3S. The van der Waals surface area contributed by atoms with Gasteiger partial charge in [-0.15, -0.1) is 0 Å². The van der Waals surface area contributed by atoms with Crippen LogP contribution < -0.4 is 5.32 Å². The Balaban J connectivity index is 1.82. The van der Waals surface area contributed by atoms with Crippen LogP contribution in [0.1, 0.15) is 44.2 Å². The van der Waals surface area contributed by atoms with E-state index < -0.39 is 9.84 Å². The van der Waals surface area contributed by atoms with Crippen LogP contribution >= 0.6 is 0 Å². The summed E-state index contributed by atoms with van der Waals surface area (Å²) in [7, 11) is -2.77. The van der Waals surface area contributed by atoms with Crippen molar-refractivity contribution < 1.29 is 13.2 Å². The molecule has 23 heavy (non-hydrogen) atoms. The molecule has 0 aliphatic carbocycles. The Morgan fingerprint density at radius 2 is 1.96 bits per heavy atom. The summed E-state index contributed by atoms with van der Waals surface area (Å²) in [5.41, 5.74) is 2.30. The van der Waals surface area contributed by atoms with Crippen molar-refractivity contribution in [1.82, 2.24) is 5.32 Å². The largest absolute Gasteiger partial charge is 0.356 e. The van der Waals surface area contributed by atoms with E-state index in [4.69, 9.17) is 0 Å². The highest BCUT2D eigenvalue weighted by Gasteiger charge is 2.32. The summed E-state index contributed by atoms with van der Waals surface area (Å²) in [5, 5.41) is 2.93. The summed E-state index contributed by atoms with van der Waals surface area (Å²) in [6.45, 7) is 6.83. The second-order valence-corrected chi connectivity index (χ2v) is 9.24. The van der Waals surface area contributed by atoms with Gasteiger partial charge in [0.05, 0.1) is 17.4 Å². The van der Waals surface area contributed by atoms with E-state index >= 15 is 0 Å². The second kappa shape index (κ2) is 7.47. The van der Waals surface area contributed by atoms with E-state index in [1.165, 1.54) is 5.56 Å². The predicted molar refractivity (Wildman–Crippen MR) is 93.2 cm³/mol. The minimum Gasteiger partial charge on any atom is -0.356 e. The summed E-state index contributed by atoms with van der Waals surface area (Å²) in [4.78, 5) is 12.3. The Bertz CT molecular complexity index is 640. The molecule has 1 fully saturated rings. The molecule has 1 amide bonds. The molecule has 0 saturated carbocycles. The number of carbonyl (C=O) groups excluding carboxylic acids is 1. The van der Waals surface area contributed by atoms with Crippen LogP contribution in [0.3, 0.4) is 0 Å². The summed E-state index contributed by atoms with van der Waals surface area (Å²) in [5.74, 6) is 1.17. The monoisotopic (exact) mass is 337 g/mol. The quantitative estimate of drug-likeness (QED) is 0.831. The van der Waals surface area contributed by atoms with Crippen LogP contribution in [0, 0.1) is 11.8 Å². The van der Waals surface area contributed by atoms with Gasteiger partial charge in [0.15, 0.2) is 9.84 Å². The maximum absolute atomic E-state index is 12.3. The highest BCUT2D eigenvalue weighted by molar-refractivity contribution is 7.92. The number of amides is 1. The van der Waals surface area contributed by atoms with Crippen molar-refractivity contribution in [1.29, 1.82) is 0 Å². The Morgan fingerprint density at radius 1 is 1.26 bits per heavy atom. The third-order valence-electron chi connectivity index (χ3n) is 4.32. The maximum atomic E-state index is 12.3. The standard InChI is InChI=1S/C18H27NO3S/c1-13(2)9-15-5-4-6-17(10-15)14(3)18(20)19-8-7-16-11-23(21,22)12-16/h4-6,10,13-14,16H,7-9,11-12H2,1-3H3,(H,19,20). The third-order valence-corrected chi connectivity index (χ3v) is 6.28. The first-order chi connectivity index (χ1) is 10.8. The van der Waals surface area contributed by atoms with Crippen LogP contribution in [0.25, 0.3) is 0 Å². The Hall–Kier alpha value is -1.36.